The standard InChI is InChI=1S/C17H21ClN4O/c1-4-5-10-22(3)16-9-8-15(20-21-16)17(23)19-13-7-6-12(2)14(18)11-13/h6-9,11H,4-5,10H2,1-3H3,(H,19,23). The Morgan fingerprint density at radius 2 is 2.04 bits per heavy atom. The van der Waals surface area contributed by atoms with Crippen LogP contribution in [0.25, 0.3) is 0 Å². The van der Waals surface area contributed by atoms with Gasteiger partial charge in [0, 0.05) is 24.3 Å². The molecule has 5 nitrogen and oxygen atoms in total. The number of benzene rings is 1. The van der Waals surface area contributed by atoms with Gasteiger partial charge in [0.2, 0.25) is 0 Å². The lowest BCUT2D eigenvalue weighted by molar-refractivity contribution is 0.102. The molecule has 1 amide bonds. The number of hydrogen-bond acceptors (Lipinski definition) is 4. The molecular formula is C17H21ClN4O. The molecule has 0 spiro atoms. The summed E-state index contributed by atoms with van der Waals surface area (Å²) in [5.41, 5.74) is 1.87. The van der Waals surface area contributed by atoms with E-state index in [2.05, 4.69) is 22.4 Å². The second kappa shape index (κ2) is 7.92. The number of aryl methyl sites for hydroxylation is 1. The predicted molar refractivity (Wildman–Crippen MR) is 94.4 cm³/mol. The molecule has 122 valence electrons. The molecular weight excluding hydrogens is 312 g/mol. The highest BCUT2D eigenvalue weighted by molar-refractivity contribution is 6.31. The maximum Gasteiger partial charge on any atom is 0.276 e. The number of amides is 1. The minimum atomic E-state index is -0.305. The summed E-state index contributed by atoms with van der Waals surface area (Å²) in [5, 5.41) is 11.5. The lowest BCUT2D eigenvalue weighted by Crippen LogP contribution is -2.21. The average Bonchev–Trinajstić information content (AvgIpc) is 2.56. The SMILES string of the molecule is CCCCN(C)c1ccc(C(=O)Nc2ccc(C)c(Cl)c2)nn1. The van der Waals surface area contributed by atoms with Gasteiger partial charge in [-0.3, -0.25) is 4.79 Å². The summed E-state index contributed by atoms with van der Waals surface area (Å²) < 4.78 is 0. The molecule has 0 aliphatic carbocycles. The largest absolute Gasteiger partial charge is 0.358 e. The van der Waals surface area contributed by atoms with Gasteiger partial charge in [0.25, 0.3) is 5.91 Å². The summed E-state index contributed by atoms with van der Waals surface area (Å²) in [4.78, 5) is 14.2. The van der Waals surface area contributed by atoms with E-state index in [1.54, 1.807) is 24.3 Å². The Kier molecular flexibility index (Phi) is 5.93. The van der Waals surface area contributed by atoms with Gasteiger partial charge >= 0.3 is 0 Å². The highest BCUT2D eigenvalue weighted by atomic mass is 35.5. The number of hydrogen-bond donors (Lipinski definition) is 1. The molecule has 6 heteroatoms. The second-order valence-corrected chi connectivity index (χ2v) is 5.88. The van der Waals surface area contributed by atoms with Gasteiger partial charge in [-0.25, -0.2) is 0 Å². The molecule has 1 aromatic heterocycles. The monoisotopic (exact) mass is 332 g/mol. The van der Waals surface area contributed by atoms with Gasteiger partial charge in [-0.15, -0.1) is 10.2 Å². The number of rotatable bonds is 6. The van der Waals surface area contributed by atoms with Gasteiger partial charge < -0.3 is 10.2 Å². The molecule has 0 aliphatic heterocycles. The Hall–Kier alpha value is -2.14. The van der Waals surface area contributed by atoms with Crippen LogP contribution in [0.15, 0.2) is 30.3 Å². The van der Waals surface area contributed by atoms with Crippen molar-refractivity contribution in [1.29, 1.82) is 0 Å². The lowest BCUT2D eigenvalue weighted by Gasteiger charge is -2.16. The number of halogens is 1. The number of nitrogens with zero attached hydrogens (tertiary/aromatic N) is 3. The summed E-state index contributed by atoms with van der Waals surface area (Å²) in [6.45, 7) is 4.97. The fourth-order valence-electron chi connectivity index (χ4n) is 2.03. The molecule has 0 bridgehead atoms. The third-order valence-corrected chi connectivity index (χ3v) is 3.96. The van der Waals surface area contributed by atoms with Gasteiger partial charge in [0.1, 0.15) is 0 Å². The zero-order valence-electron chi connectivity index (χ0n) is 13.6. The summed E-state index contributed by atoms with van der Waals surface area (Å²) >= 11 is 6.06. The lowest BCUT2D eigenvalue weighted by atomic mass is 10.2. The maximum absolute atomic E-state index is 12.2. The Balaban J connectivity index is 2.03. The summed E-state index contributed by atoms with van der Waals surface area (Å²) in [6, 6.07) is 8.86. The van der Waals surface area contributed by atoms with Crippen LogP contribution in [0.5, 0.6) is 0 Å². The van der Waals surface area contributed by atoms with Gasteiger partial charge in [-0.05, 0) is 43.2 Å². The van der Waals surface area contributed by atoms with Gasteiger partial charge in [0.15, 0.2) is 11.5 Å². The molecule has 0 fully saturated rings. The Bertz CT molecular complexity index is 673. The third kappa shape index (κ3) is 4.66. The van der Waals surface area contributed by atoms with Crippen molar-refractivity contribution in [2.75, 3.05) is 23.8 Å². The van der Waals surface area contributed by atoms with Crippen LogP contribution in [-0.2, 0) is 0 Å². The van der Waals surface area contributed by atoms with Crippen LogP contribution in [0.3, 0.4) is 0 Å². The Morgan fingerprint density at radius 1 is 1.26 bits per heavy atom. The molecule has 1 N–H and O–H groups in total. The first kappa shape index (κ1) is 17.2. The van der Waals surface area contributed by atoms with Crippen molar-refractivity contribution in [2.45, 2.75) is 26.7 Å². The van der Waals surface area contributed by atoms with E-state index in [0.29, 0.717) is 10.7 Å². The normalized spacial score (nSPS) is 10.4. The number of unbranched alkanes of at least 4 members (excludes halogenated alkanes) is 1. The van der Waals surface area contributed by atoms with Gasteiger partial charge in [-0.2, -0.15) is 0 Å². The van der Waals surface area contributed by atoms with E-state index in [9.17, 15) is 4.79 Å². The van der Waals surface area contributed by atoms with E-state index >= 15 is 0 Å². The number of carbonyl (C=O) groups is 1. The first-order chi connectivity index (χ1) is 11.0. The van der Waals surface area contributed by atoms with E-state index < -0.39 is 0 Å². The molecule has 0 unspecified atom stereocenters. The fourth-order valence-corrected chi connectivity index (χ4v) is 2.21. The van der Waals surface area contributed by atoms with Crippen LogP contribution in [0.1, 0.15) is 35.8 Å². The van der Waals surface area contributed by atoms with Crippen molar-refractivity contribution >= 4 is 29.0 Å². The average molecular weight is 333 g/mol. The van der Waals surface area contributed by atoms with E-state index in [0.717, 1.165) is 30.8 Å². The number of anilines is 2. The number of nitrogens with one attached hydrogen (secondary N) is 1. The van der Waals surface area contributed by atoms with Crippen LogP contribution in [-0.4, -0.2) is 29.7 Å². The predicted octanol–water partition coefficient (Wildman–Crippen LogP) is 3.93. The van der Waals surface area contributed by atoms with E-state index in [1.807, 2.05) is 24.9 Å². The summed E-state index contributed by atoms with van der Waals surface area (Å²) in [5.74, 6) is 0.452. The van der Waals surface area contributed by atoms with Crippen LogP contribution < -0.4 is 10.2 Å². The second-order valence-electron chi connectivity index (χ2n) is 5.47. The Morgan fingerprint density at radius 3 is 2.65 bits per heavy atom. The van der Waals surface area contributed by atoms with E-state index in [-0.39, 0.29) is 11.6 Å². The first-order valence-corrected chi connectivity index (χ1v) is 8.01. The maximum atomic E-state index is 12.2. The number of carbonyl (C=O) groups excluding carboxylic acids is 1. The van der Waals surface area contributed by atoms with Crippen LogP contribution in [0.4, 0.5) is 11.5 Å². The molecule has 2 rings (SSSR count). The molecule has 23 heavy (non-hydrogen) atoms. The van der Waals surface area contributed by atoms with Crippen molar-refractivity contribution < 1.29 is 4.79 Å². The smallest absolute Gasteiger partial charge is 0.276 e. The van der Waals surface area contributed by atoms with E-state index in [1.165, 1.54) is 0 Å². The van der Waals surface area contributed by atoms with Crippen molar-refractivity contribution in [3.8, 4) is 0 Å². The molecule has 1 aromatic carbocycles. The van der Waals surface area contributed by atoms with Crippen molar-refractivity contribution in [1.82, 2.24) is 10.2 Å². The molecule has 0 saturated carbocycles. The molecule has 1 heterocycles. The number of aromatic nitrogens is 2. The molecule has 0 aliphatic rings. The highest BCUT2D eigenvalue weighted by Crippen LogP contribution is 2.20. The summed E-state index contributed by atoms with van der Waals surface area (Å²) in [7, 11) is 1.97. The van der Waals surface area contributed by atoms with Crippen molar-refractivity contribution in [3.63, 3.8) is 0 Å². The topological polar surface area (TPSA) is 58.1 Å². The minimum absolute atomic E-state index is 0.273. The zero-order valence-corrected chi connectivity index (χ0v) is 14.4. The summed E-state index contributed by atoms with van der Waals surface area (Å²) in [6.07, 6.45) is 2.21. The molecule has 0 saturated heterocycles. The quantitative estimate of drug-likeness (QED) is 0.870. The highest BCUT2D eigenvalue weighted by Gasteiger charge is 2.10. The third-order valence-electron chi connectivity index (χ3n) is 3.55. The van der Waals surface area contributed by atoms with Crippen molar-refractivity contribution in [3.05, 3.63) is 46.6 Å². The zero-order chi connectivity index (χ0) is 16.8. The molecule has 0 atom stereocenters. The fraction of sp³-hybridized carbons (Fsp3) is 0.353. The van der Waals surface area contributed by atoms with E-state index in [4.69, 9.17) is 11.6 Å². The molecule has 2 aromatic rings. The van der Waals surface area contributed by atoms with Crippen LogP contribution in [0.2, 0.25) is 5.02 Å². The Labute approximate surface area is 141 Å². The molecule has 0 radical (unpaired) electrons. The van der Waals surface area contributed by atoms with Crippen LogP contribution >= 0.6 is 11.6 Å². The van der Waals surface area contributed by atoms with Gasteiger partial charge in [-0.1, -0.05) is 31.0 Å². The van der Waals surface area contributed by atoms with Crippen LogP contribution in [0, 0.1) is 6.92 Å². The first-order valence-electron chi connectivity index (χ1n) is 7.63. The van der Waals surface area contributed by atoms with Crippen molar-refractivity contribution in [2.24, 2.45) is 0 Å². The minimum Gasteiger partial charge on any atom is -0.358 e. The van der Waals surface area contributed by atoms with Gasteiger partial charge in [0.05, 0.1) is 0 Å².